The Morgan fingerprint density at radius 2 is 2.11 bits per heavy atom. The van der Waals surface area contributed by atoms with Crippen LogP contribution in [0.2, 0.25) is 8.67 Å². The van der Waals surface area contributed by atoms with Gasteiger partial charge in [0.2, 0.25) is 0 Å². The van der Waals surface area contributed by atoms with Crippen LogP contribution in [0.15, 0.2) is 24.3 Å². The van der Waals surface area contributed by atoms with Crippen molar-refractivity contribution < 1.29 is 4.39 Å². The summed E-state index contributed by atoms with van der Waals surface area (Å²) in [5, 5.41) is 0. The Bertz CT molecular complexity index is 586. The highest BCUT2D eigenvalue weighted by molar-refractivity contribution is 7.20. The van der Waals surface area contributed by atoms with Gasteiger partial charge in [-0.15, -0.1) is 11.3 Å². The topological polar surface area (TPSA) is 38.0 Å². The lowest BCUT2D eigenvalue weighted by Crippen LogP contribution is -2.29. The Kier molecular flexibility index (Phi) is 4.81. The lowest BCUT2D eigenvalue weighted by atomic mass is 9.98. The molecule has 1 aromatic heterocycles. The van der Waals surface area contributed by atoms with Gasteiger partial charge < -0.3 is 0 Å². The molecule has 102 valence electrons. The standard InChI is InChI=1S/C13H13Cl2FN2S/c1-7-4-9(16)3-2-8(7)5-11(18-17)10-6-12(14)19-13(10)15/h2-4,6,11,18H,5,17H2,1H3. The number of nitrogens with two attached hydrogens (primary N) is 1. The summed E-state index contributed by atoms with van der Waals surface area (Å²) in [6.45, 7) is 1.87. The van der Waals surface area contributed by atoms with Crippen molar-refractivity contribution in [2.45, 2.75) is 19.4 Å². The molecule has 0 amide bonds. The third-order valence-corrected chi connectivity index (χ3v) is 4.51. The minimum atomic E-state index is -0.241. The van der Waals surface area contributed by atoms with Crippen molar-refractivity contribution >= 4 is 34.5 Å². The fraction of sp³-hybridized carbons (Fsp3) is 0.231. The van der Waals surface area contributed by atoms with Gasteiger partial charge in [-0.3, -0.25) is 11.3 Å². The highest BCUT2D eigenvalue weighted by Crippen LogP contribution is 2.36. The summed E-state index contributed by atoms with van der Waals surface area (Å²) in [5.41, 5.74) is 5.50. The van der Waals surface area contributed by atoms with Crippen LogP contribution in [0.1, 0.15) is 22.7 Å². The molecule has 0 aliphatic carbocycles. The van der Waals surface area contributed by atoms with Crippen LogP contribution in [0.5, 0.6) is 0 Å². The molecule has 0 aliphatic rings. The van der Waals surface area contributed by atoms with Gasteiger partial charge in [0.25, 0.3) is 0 Å². The van der Waals surface area contributed by atoms with Crippen LogP contribution in [0.4, 0.5) is 4.39 Å². The van der Waals surface area contributed by atoms with Crippen LogP contribution in [-0.4, -0.2) is 0 Å². The third kappa shape index (κ3) is 3.46. The first-order chi connectivity index (χ1) is 9.01. The van der Waals surface area contributed by atoms with Gasteiger partial charge >= 0.3 is 0 Å². The van der Waals surface area contributed by atoms with E-state index >= 15 is 0 Å². The zero-order valence-corrected chi connectivity index (χ0v) is 12.5. The molecule has 1 unspecified atom stereocenters. The lowest BCUT2D eigenvalue weighted by molar-refractivity contribution is 0.551. The SMILES string of the molecule is Cc1cc(F)ccc1CC(NN)c1cc(Cl)sc1Cl. The molecule has 0 aliphatic heterocycles. The van der Waals surface area contributed by atoms with Crippen molar-refractivity contribution in [2.24, 2.45) is 5.84 Å². The number of benzene rings is 1. The number of hydrogen-bond acceptors (Lipinski definition) is 3. The maximum atomic E-state index is 13.1. The molecule has 0 saturated heterocycles. The van der Waals surface area contributed by atoms with Gasteiger partial charge in [-0.05, 0) is 42.7 Å². The number of hydrogen-bond donors (Lipinski definition) is 2. The van der Waals surface area contributed by atoms with Gasteiger partial charge in [0, 0.05) is 5.56 Å². The number of hydrazine groups is 1. The normalized spacial score (nSPS) is 12.7. The van der Waals surface area contributed by atoms with Crippen molar-refractivity contribution in [1.29, 1.82) is 0 Å². The van der Waals surface area contributed by atoms with E-state index in [2.05, 4.69) is 5.43 Å². The fourth-order valence-corrected chi connectivity index (χ4v) is 3.54. The summed E-state index contributed by atoms with van der Waals surface area (Å²) in [5.74, 6) is 5.35. The van der Waals surface area contributed by atoms with Crippen LogP contribution < -0.4 is 11.3 Å². The van der Waals surface area contributed by atoms with Crippen LogP contribution in [0.25, 0.3) is 0 Å². The van der Waals surface area contributed by atoms with Gasteiger partial charge in [0.15, 0.2) is 0 Å². The second kappa shape index (κ2) is 6.20. The van der Waals surface area contributed by atoms with E-state index < -0.39 is 0 Å². The molecule has 2 rings (SSSR count). The predicted molar refractivity (Wildman–Crippen MR) is 79.2 cm³/mol. The molecule has 0 bridgehead atoms. The zero-order valence-electron chi connectivity index (χ0n) is 10.2. The first kappa shape index (κ1) is 14.8. The van der Waals surface area contributed by atoms with E-state index in [1.807, 2.05) is 6.92 Å². The van der Waals surface area contributed by atoms with E-state index in [-0.39, 0.29) is 11.9 Å². The first-order valence-corrected chi connectivity index (χ1v) is 7.24. The second-order valence-corrected chi connectivity index (χ2v) is 6.56. The summed E-state index contributed by atoms with van der Waals surface area (Å²) in [6, 6.07) is 6.36. The maximum Gasteiger partial charge on any atom is 0.123 e. The molecular formula is C13H13Cl2FN2S. The third-order valence-electron chi connectivity index (χ3n) is 2.99. The molecule has 0 spiro atoms. The van der Waals surface area contributed by atoms with Crippen LogP contribution in [0.3, 0.4) is 0 Å². The van der Waals surface area contributed by atoms with Gasteiger partial charge in [-0.2, -0.15) is 0 Å². The van der Waals surface area contributed by atoms with Crippen LogP contribution in [0, 0.1) is 12.7 Å². The van der Waals surface area contributed by atoms with E-state index in [0.717, 1.165) is 16.7 Å². The molecule has 0 saturated carbocycles. The Labute approximate surface area is 125 Å². The highest BCUT2D eigenvalue weighted by Gasteiger charge is 2.18. The monoisotopic (exact) mass is 318 g/mol. The highest BCUT2D eigenvalue weighted by atomic mass is 35.5. The summed E-state index contributed by atoms with van der Waals surface area (Å²) < 4.78 is 14.3. The number of halogens is 3. The first-order valence-electron chi connectivity index (χ1n) is 5.67. The number of nitrogens with one attached hydrogen (secondary N) is 1. The molecule has 3 N–H and O–H groups in total. The average Bonchev–Trinajstić information content (AvgIpc) is 2.68. The second-order valence-electron chi connectivity index (χ2n) is 4.27. The predicted octanol–water partition coefficient (Wildman–Crippen LogP) is 4.25. The molecule has 19 heavy (non-hydrogen) atoms. The number of thiophene rings is 1. The van der Waals surface area contributed by atoms with Gasteiger partial charge in [-0.25, -0.2) is 4.39 Å². The quantitative estimate of drug-likeness (QED) is 0.653. The smallest absolute Gasteiger partial charge is 0.123 e. The minimum absolute atomic E-state index is 0.152. The van der Waals surface area contributed by atoms with E-state index in [9.17, 15) is 4.39 Å². The Balaban J connectivity index is 2.26. The van der Waals surface area contributed by atoms with Crippen molar-refractivity contribution in [3.63, 3.8) is 0 Å². The largest absolute Gasteiger partial charge is 0.271 e. The molecule has 6 heteroatoms. The molecule has 1 atom stereocenters. The Morgan fingerprint density at radius 1 is 1.37 bits per heavy atom. The van der Waals surface area contributed by atoms with Crippen LogP contribution >= 0.6 is 34.5 Å². The Morgan fingerprint density at radius 3 is 2.63 bits per heavy atom. The van der Waals surface area contributed by atoms with Crippen molar-refractivity contribution in [3.05, 3.63) is 55.4 Å². The lowest BCUT2D eigenvalue weighted by Gasteiger charge is -2.17. The van der Waals surface area contributed by atoms with E-state index in [4.69, 9.17) is 29.0 Å². The Hall–Kier alpha value is -0.650. The van der Waals surface area contributed by atoms with Gasteiger partial charge in [-0.1, -0.05) is 29.3 Å². The van der Waals surface area contributed by atoms with E-state index in [0.29, 0.717) is 15.1 Å². The number of aryl methyl sites for hydroxylation is 1. The summed E-state index contributed by atoms with van der Waals surface area (Å²) >= 11 is 13.4. The van der Waals surface area contributed by atoms with Crippen molar-refractivity contribution in [2.75, 3.05) is 0 Å². The average molecular weight is 319 g/mol. The summed E-state index contributed by atoms with van der Waals surface area (Å²) in [6.07, 6.45) is 0.620. The fourth-order valence-electron chi connectivity index (χ4n) is 1.96. The molecule has 2 aromatic rings. The van der Waals surface area contributed by atoms with Crippen LogP contribution in [-0.2, 0) is 6.42 Å². The van der Waals surface area contributed by atoms with Gasteiger partial charge in [0.1, 0.15) is 5.82 Å². The molecule has 2 nitrogen and oxygen atoms in total. The minimum Gasteiger partial charge on any atom is -0.271 e. The van der Waals surface area contributed by atoms with Crippen molar-refractivity contribution in [1.82, 2.24) is 5.43 Å². The molecule has 1 heterocycles. The maximum absolute atomic E-state index is 13.1. The van der Waals surface area contributed by atoms with E-state index in [1.165, 1.54) is 23.5 Å². The molecular weight excluding hydrogens is 306 g/mol. The summed E-state index contributed by atoms with van der Waals surface area (Å²) in [4.78, 5) is 0. The van der Waals surface area contributed by atoms with E-state index in [1.54, 1.807) is 12.1 Å². The molecule has 0 radical (unpaired) electrons. The molecule has 0 fully saturated rings. The zero-order chi connectivity index (χ0) is 14.0. The summed E-state index contributed by atoms with van der Waals surface area (Å²) in [7, 11) is 0. The number of rotatable bonds is 4. The van der Waals surface area contributed by atoms with Crippen molar-refractivity contribution in [3.8, 4) is 0 Å². The molecule has 1 aromatic carbocycles. The van der Waals surface area contributed by atoms with Gasteiger partial charge in [0.05, 0.1) is 14.7 Å².